The Balaban J connectivity index is 2.35. The van der Waals surface area contributed by atoms with Crippen LogP contribution in [0.4, 0.5) is 0 Å². The fourth-order valence-corrected chi connectivity index (χ4v) is 2.29. The first-order chi connectivity index (χ1) is 8.54. The number of piperazine rings is 1. The topological polar surface area (TPSA) is 61.6 Å². The Hall–Kier alpha value is -0.650. The summed E-state index contributed by atoms with van der Waals surface area (Å²) in [5.41, 5.74) is 5.43. The van der Waals surface area contributed by atoms with Crippen LogP contribution in [0.5, 0.6) is 0 Å². The van der Waals surface area contributed by atoms with Crippen molar-refractivity contribution in [1.82, 2.24) is 15.1 Å². The van der Waals surface area contributed by atoms with Gasteiger partial charge in [-0.25, -0.2) is 0 Å². The van der Waals surface area contributed by atoms with E-state index in [0.717, 1.165) is 45.7 Å². The van der Waals surface area contributed by atoms with E-state index < -0.39 is 0 Å². The van der Waals surface area contributed by atoms with Crippen molar-refractivity contribution in [2.75, 3.05) is 39.3 Å². The summed E-state index contributed by atoms with van der Waals surface area (Å²) in [6.07, 6.45) is 1.02. The van der Waals surface area contributed by atoms with Gasteiger partial charge in [0.05, 0.1) is 6.04 Å². The van der Waals surface area contributed by atoms with E-state index in [9.17, 15) is 4.79 Å². The highest BCUT2D eigenvalue weighted by Crippen LogP contribution is 2.06. The second-order valence-electron chi connectivity index (χ2n) is 5.34. The molecule has 1 rings (SSSR count). The maximum atomic E-state index is 11.4. The molecule has 0 spiro atoms. The number of carbonyl (C=O) groups excluding carboxylic acids is 1. The summed E-state index contributed by atoms with van der Waals surface area (Å²) < 4.78 is 0. The lowest BCUT2D eigenvalue weighted by Crippen LogP contribution is -2.55. The van der Waals surface area contributed by atoms with Gasteiger partial charge in [0.25, 0.3) is 0 Å². The Morgan fingerprint density at radius 3 is 2.33 bits per heavy atom. The number of nitrogens with one attached hydrogen (secondary N) is 1. The molecule has 0 bridgehead atoms. The summed E-state index contributed by atoms with van der Waals surface area (Å²) in [4.78, 5) is 16.2. The summed E-state index contributed by atoms with van der Waals surface area (Å²) in [6, 6.07) is 0.396. The van der Waals surface area contributed by atoms with E-state index in [0.29, 0.717) is 6.04 Å². The molecule has 1 unspecified atom stereocenters. The molecule has 1 heterocycles. The molecule has 1 aliphatic heterocycles. The maximum Gasteiger partial charge on any atom is 0.235 e. The van der Waals surface area contributed by atoms with Crippen LogP contribution in [0.3, 0.4) is 0 Å². The number of amides is 1. The van der Waals surface area contributed by atoms with Gasteiger partial charge in [-0.05, 0) is 26.8 Å². The number of carbonyl (C=O) groups is 1. The van der Waals surface area contributed by atoms with Gasteiger partial charge in [0.1, 0.15) is 0 Å². The Kier molecular flexibility index (Phi) is 6.60. The Bertz CT molecular complexity index is 249. The number of hydrogen-bond acceptors (Lipinski definition) is 4. The molecule has 5 heteroatoms. The number of hydrogen-bond donors (Lipinski definition) is 2. The highest BCUT2D eigenvalue weighted by molar-refractivity contribution is 5.80. The number of nitrogens with zero attached hydrogens (tertiary/aromatic N) is 2. The summed E-state index contributed by atoms with van der Waals surface area (Å²) in [7, 11) is 0. The lowest BCUT2D eigenvalue weighted by Gasteiger charge is -2.38. The average molecular weight is 256 g/mol. The third-order valence-corrected chi connectivity index (χ3v) is 3.56. The number of rotatable bonds is 7. The van der Waals surface area contributed by atoms with Gasteiger partial charge in [0, 0.05) is 38.8 Å². The van der Waals surface area contributed by atoms with Crippen LogP contribution in [0.2, 0.25) is 0 Å². The lowest BCUT2D eigenvalue weighted by molar-refractivity contribution is -0.120. The molecular weight excluding hydrogens is 228 g/mol. The van der Waals surface area contributed by atoms with Crippen LogP contribution in [-0.2, 0) is 4.79 Å². The van der Waals surface area contributed by atoms with Crippen LogP contribution in [0, 0.1) is 0 Å². The van der Waals surface area contributed by atoms with Crippen LogP contribution >= 0.6 is 0 Å². The van der Waals surface area contributed by atoms with Gasteiger partial charge in [0.2, 0.25) is 5.91 Å². The zero-order valence-electron chi connectivity index (χ0n) is 12.0. The number of primary amides is 1. The van der Waals surface area contributed by atoms with E-state index in [2.05, 4.69) is 35.9 Å². The molecule has 106 valence electrons. The molecule has 0 aromatic carbocycles. The molecule has 0 radical (unpaired) electrons. The fourth-order valence-electron chi connectivity index (χ4n) is 2.29. The molecule has 1 saturated heterocycles. The van der Waals surface area contributed by atoms with Gasteiger partial charge in [-0.3, -0.25) is 14.6 Å². The van der Waals surface area contributed by atoms with Crippen LogP contribution < -0.4 is 11.1 Å². The molecule has 1 atom stereocenters. The van der Waals surface area contributed by atoms with Gasteiger partial charge >= 0.3 is 0 Å². The zero-order valence-corrected chi connectivity index (χ0v) is 12.0. The molecule has 1 amide bonds. The van der Waals surface area contributed by atoms with E-state index >= 15 is 0 Å². The predicted molar refractivity (Wildman–Crippen MR) is 74.4 cm³/mol. The van der Waals surface area contributed by atoms with Gasteiger partial charge in [0.15, 0.2) is 0 Å². The first-order valence-electron chi connectivity index (χ1n) is 7.03. The largest absolute Gasteiger partial charge is 0.368 e. The van der Waals surface area contributed by atoms with Crippen molar-refractivity contribution in [2.45, 2.75) is 39.3 Å². The molecule has 0 aromatic rings. The summed E-state index contributed by atoms with van der Waals surface area (Å²) in [5, 5.41) is 3.22. The fraction of sp³-hybridized carbons (Fsp3) is 0.923. The van der Waals surface area contributed by atoms with Crippen molar-refractivity contribution >= 4 is 5.91 Å². The first kappa shape index (κ1) is 15.4. The standard InChI is InChI=1S/C13H28N4O/c1-4-5-15-12(13(14)18)10-16-6-8-17(9-7-16)11(2)3/h11-12,15H,4-10H2,1-3H3,(H2,14,18). The molecular formula is C13H28N4O. The molecule has 5 nitrogen and oxygen atoms in total. The minimum Gasteiger partial charge on any atom is -0.368 e. The van der Waals surface area contributed by atoms with E-state index in [1.165, 1.54) is 0 Å². The third kappa shape index (κ3) is 4.92. The summed E-state index contributed by atoms with van der Waals surface area (Å²) >= 11 is 0. The van der Waals surface area contributed by atoms with E-state index in [1.54, 1.807) is 0 Å². The van der Waals surface area contributed by atoms with Crippen LogP contribution in [0.25, 0.3) is 0 Å². The van der Waals surface area contributed by atoms with Crippen molar-refractivity contribution in [3.63, 3.8) is 0 Å². The van der Waals surface area contributed by atoms with Crippen LogP contribution in [0.1, 0.15) is 27.2 Å². The predicted octanol–water partition coefficient (Wildman–Crippen LogP) is -0.134. The summed E-state index contributed by atoms with van der Waals surface area (Å²) in [5.74, 6) is -0.241. The monoisotopic (exact) mass is 256 g/mol. The average Bonchev–Trinajstić information content (AvgIpc) is 2.34. The van der Waals surface area contributed by atoms with E-state index in [1.807, 2.05) is 0 Å². The molecule has 0 saturated carbocycles. The molecule has 0 aliphatic carbocycles. The normalized spacial score (nSPS) is 20.2. The van der Waals surface area contributed by atoms with Crippen LogP contribution in [0.15, 0.2) is 0 Å². The van der Waals surface area contributed by atoms with Crippen LogP contribution in [-0.4, -0.2) is 67.1 Å². The van der Waals surface area contributed by atoms with E-state index in [-0.39, 0.29) is 11.9 Å². The maximum absolute atomic E-state index is 11.4. The third-order valence-electron chi connectivity index (χ3n) is 3.56. The molecule has 18 heavy (non-hydrogen) atoms. The molecule has 0 aromatic heterocycles. The van der Waals surface area contributed by atoms with Gasteiger partial charge in [-0.1, -0.05) is 6.92 Å². The highest BCUT2D eigenvalue weighted by atomic mass is 16.1. The Labute approximate surface area is 111 Å². The second kappa shape index (κ2) is 7.71. The molecule has 1 aliphatic rings. The highest BCUT2D eigenvalue weighted by Gasteiger charge is 2.23. The minimum atomic E-state index is -0.241. The van der Waals surface area contributed by atoms with Crippen molar-refractivity contribution in [3.05, 3.63) is 0 Å². The minimum absolute atomic E-state index is 0.212. The van der Waals surface area contributed by atoms with Gasteiger partial charge < -0.3 is 11.1 Å². The lowest BCUT2D eigenvalue weighted by atomic mass is 10.2. The van der Waals surface area contributed by atoms with E-state index in [4.69, 9.17) is 5.73 Å². The second-order valence-corrected chi connectivity index (χ2v) is 5.34. The number of nitrogens with two attached hydrogens (primary N) is 1. The molecule has 1 fully saturated rings. The summed E-state index contributed by atoms with van der Waals surface area (Å²) in [6.45, 7) is 12.3. The smallest absolute Gasteiger partial charge is 0.235 e. The first-order valence-corrected chi connectivity index (χ1v) is 7.03. The van der Waals surface area contributed by atoms with Crippen molar-refractivity contribution < 1.29 is 4.79 Å². The van der Waals surface area contributed by atoms with Crippen molar-refractivity contribution in [3.8, 4) is 0 Å². The van der Waals surface area contributed by atoms with Crippen molar-refractivity contribution in [2.24, 2.45) is 5.73 Å². The Morgan fingerprint density at radius 1 is 1.28 bits per heavy atom. The molecule has 3 N–H and O–H groups in total. The quantitative estimate of drug-likeness (QED) is 0.666. The zero-order chi connectivity index (χ0) is 13.5. The SMILES string of the molecule is CCCNC(CN1CCN(C(C)C)CC1)C(N)=O. The Morgan fingerprint density at radius 2 is 1.89 bits per heavy atom. The van der Waals surface area contributed by atoms with Gasteiger partial charge in [-0.15, -0.1) is 0 Å². The van der Waals surface area contributed by atoms with Gasteiger partial charge in [-0.2, -0.15) is 0 Å². The van der Waals surface area contributed by atoms with Crippen molar-refractivity contribution in [1.29, 1.82) is 0 Å².